The fourth-order valence-electron chi connectivity index (χ4n) is 1.60. The van der Waals surface area contributed by atoms with Crippen molar-refractivity contribution in [2.75, 3.05) is 18.0 Å². The van der Waals surface area contributed by atoms with Gasteiger partial charge in [0.2, 0.25) is 5.13 Å². The van der Waals surface area contributed by atoms with Crippen LogP contribution in [0.1, 0.15) is 32.7 Å². The van der Waals surface area contributed by atoms with Crippen LogP contribution in [-0.4, -0.2) is 34.4 Å². The molecule has 0 saturated heterocycles. The topological polar surface area (TPSA) is 66.3 Å². The SMILES string of the molecule is CCc1nnc(N(CC(C)C)CC(C)C(=O)O)s1. The Bertz CT molecular complexity index is 392. The second-order valence-electron chi connectivity index (χ2n) is 4.87. The lowest BCUT2D eigenvalue weighted by Gasteiger charge is -2.25. The molecule has 0 saturated carbocycles. The van der Waals surface area contributed by atoms with Crippen LogP contribution in [0, 0.1) is 11.8 Å². The van der Waals surface area contributed by atoms with Gasteiger partial charge in [0.05, 0.1) is 5.92 Å². The molecule has 1 heterocycles. The van der Waals surface area contributed by atoms with E-state index in [1.165, 1.54) is 0 Å². The van der Waals surface area contributed by atoms with Crippen LogP contribution >= 0.6 is 11.3 Å². The van der Waals surface area contributed by atoms with E-state index in [0.717, 1.165) is 23.1 Å². The Morgan fingerprint density at radius 2 is 2.00 bits per heavy atom. The van der Waals surface area contributed by atoms with Gasteiger partial charge in [-0.25, -0.2) is 0 Å². The lowest BCUT2D eigenvalue weighted by molar-refractivity contribution is -0.140. The molecule has 0 aromatic carbocycles. The van der Waals surface area contributed by atoms with Crippen LogP contribution in [0.15, 0.2) is 0 Å². The van der Waals surface area contributed by atoms with Crippen LogP contribution in [-0.2, 0) is 11.2 Å². The van der Waals surface area contributed by atoms with Crippen LogP contribution in [0.4, 0.5) is 5.13 Å². The first-order valence-electron chi connectivity index (χ1n) is 6.24. The molecule has 0 radical (unpaired) electrons. The minimum absolute atomic E-state index is 0.405. The average molecular weight is 271 g/mol. The zero-order valence-corrected chi connectivity index (χ0v) is 12.2. The number of rotatable bonds is 7. The number of carbonyl (C=O) groups is 1. The Hall–Kier alpha value is -1.17. The van der Waals surface area contributed by atoms with Crippen LogP contribution < -0.4 is 4.90 Å². The zero-order valence-electron chi connectivity index (χ0n) is 11.4. The Morgan fingerprint density at radius 3 is 2.44 bits per heavy atom. The first-order valence-corrected chi connectivity index (χ1v) is 7.05. The summed E-state index contributed by atoms with van der Waals surface area (Å²) < 4.78 is 0. The van der Waals surface area contributed by atoms with E-state index in [1.54, 1.807) is 18.3 Å². The van der Waals surface area contributed by atoms with Crippen molar-refractivity contribution in [2.24, 2.45) is 11.8 Å². The normalized spacial score (nSPS) is 12.7. The van der Waals surface area contributed by atoms with Crippen molar-refractivity contribution in [1.82, 2.24) is 10.2 Å². The van der Waals surface area contributed by atoms with Gasteiger partial charge in [0.1, 0.15) is 5.01 Å². The summed E-state index contributed by atoms with van der Waals surface area (Å²) in [5.74, 6) is -0.721. The van der Waals surface area contributed by atoms with Gasteiger partial charge in [-0.2, -0.15) is 0 Å². The van der Waals surface area contributed by atoms with Crippen molar-refractivity contribution in [3.63, 3.8) is 0 Å². The standard InChI is InChI=1S/C12H21N3O2S/c1-5-10-13-14-12(18-10)15(6-8(2)3)7-9(4)11(16)17/h8-9H,5-7H2,1-4H3,(H,16,17). The third kappa shape index (κ3) is 4.25. The molecule has 0 spiro atoms. The Morgan fingerprint density at radius 1 is 1.33 bits per heavy atom. The van der Waals surface area contributed by atoms with Gasteiger partial charge in [0.25, 0.3) is 0 Å². The number of carboxylic acids is 1. The summed E-state index contributed by atoms with van der Waals surface area (Å²) in [5, 5.41) is 19.1. The summed E-state index contributed by atoms with van der Waals surface area (Å²) in [6.45, 7) is 9.26. The lowest BCUT2D eigenvalue weighted by Crippen LogP contribution is -2.34. The van der Waals surface area contributed by atoms with E-state index in [4.69, 9.17) is 5.11 Å². The van der Waals surface area contributed by atoms with E-state index in [-0.39, 0.29) is 0 Å². The summed E-state index contributed by atoms with van der Waals surface area (Å²) in [6, 6.07) is 0. The first kappa shape index (κ1) is 14.9. The molecule has 0 aliphatic carbocycles. The predicted molar refractivity (Wildman–Crippen MR) is 73.1 cm³/mol. The number of aliphatic carboxylic acids is 1. The summed E-state index contributed by atoms with van der Waals surface area (Å²) >= 11 is 1.55. The van der Waals surface area contributed by atoms with E-state index in [2.05, 4.69) is 24.0 Å². The summed E-state index contributed by atoms with van der Waals surface area (Å²) in [4.78, 5) is 13.0. The second kappa shape index (κ2) is 6.68. The van der Waals surface area contributed by atoms with Crippen molar-refractivity contribution in [1.29, 1.82) is 0 Å². The minimum atomic E-state index is -0.774. The molecule has 5 nitrogen and oxygen atoms in total. The van der Waals surface area contributed by atoms with Gasteiger partial charge in [-0.3, -0.25) is 4.79 Å². The maximum absolute atomic E-state index is 11.0. The molecule has 0 aliphatic rings. The van der Waals surface area contributed by atoms with E-state index < -0.39 is 11.9 Å². The van der Waals surface area contributed by atoms with E-state index >= 15 is 0 Å². The Labute approximate surface area is 112 Å². The third-order valence-corrected chi connectivity index (χ3v) is 3.66. The van der Waals surface area contributed by atoms with Crippen molar-refractivity contribution in [2.45, 2.75) is 34.1 Å². The lowest BCUT2D eigenvalue weighted by atomic mass is 10.1. The highest BCUT2D eigenvalue weighted by atomic mass is 32.1. The van der Waals surface area contributed by atoms with E-state index in [0.29, 0.717) is 12.5 Å². The number of aromatic nitrogens is 2. The molecule has 1 rings (SSSR count). The number of hydrogen-bond acceptors (Lipinski definition) is 5. The number of hydrogen-bond donors (Lipinski definition) is 1. The number of carboxylic acid groups (broad SMARTS) is 1. The number of anilines is 1. The minimum Gasteiger partial charge on any atom is -0.481 e. The molecule has 1 N–H and O–H groups in total. The molecule has 1 unspecified atom stereocenters. The Kier molecular flexibility index (Phi) is 5.53. The maximum Gasteiger partial charge on any atom is 0.308 e. The monoisotopic (exact) mass is 271 g/mol. The summed E-state index contributed by atoms with van der Waals surface area (Å²) in [7, 11) is 0. The largest absolute Gasteiger partial charge is 0.481 e. The summed E-state index contributed by atoms with van der Waals surface area (Å²) in [5.41, 5.74) is 0. The van der Waals surface area contributed by atoms with Crippen LogP contribution in [0.5, 0.6) is 0 Å². The van der Waals surface area contributed by atoms with Gasteiger partial charge >= 0.3 is 5.97 Å². The molecule has 0 aliphatic heterocycles. The van der Waals surface area contributed by atoms with E-state index in [9.17, 15) is 4.79 Å². The fourth-order valence-corrected chi connectivity index (χ4v) is 2.39. The second-order valence-corrected chi connectivity index (χ2v) is 5.91. The number of aryl methyl sites for hydroxylation is 1. The molecular formula is C12H21N3O2S. The fraction of sp³-hybridized carbons (Fsp3) is 0.750. The van der Waals surface area contributed by atoms with E-state index in [1.807, 2.05) is 11.8 Å². The van der Waals surface area contributed by atoms with Crippen molar-refractivity contribution < 1.29 is 9.90 Å². The molecule has 6 heteroatoms. The molecular weight excluding hydrogens is 250 g/mol. The van der Waals surface area contributed by atoms with Gasteiger partial charge in [-0.05, 0) is 12.3 Å². The molecule has 0 amide bonds. The third-order valence-electron chi connectivity index (χ3n) is 2.53. The Balaban J connectivity index is 2.80. The molecule has 0 bridgehead atoms. The summed E-state index contributed by atoms with van der Waals surface area (Å²) in [6.07, 6.45) is 0.863. The molecule has 1 aromatic heterocycles. The molecule has 0 fully saturated rings. The molecule has 1 atom stereocenters. The van der Waals surface area contributed by atoms with Crippen LogP contribution in [0.25, 0.3) is 0 Å². The van der Waals surface area contributed by atoms with Crippen LogP contribution in [0.2, 0.25) is 0 Å². The van der Waals surface area contributed by atoms with Gasteiger partial charge in [-0.15, -0.1) is 10.2 Å². The molecule has 1 aromatic rings. The van der Waals surface area contributed by atoms with Crippen molar-refractivity contribution in [3.8, 4) is 0 Å². The highest BCUT2D eigenvalue weighted by Crippen LogP contribution is 2.22. The van der Waals surface area contributed by atoms with Crippen LogP contribution in [0.3, 0.4) is 0 Å². The highest BCUT2D eigenvalue weighted by Gasteiger charge is 2.20. The first-order chi connectivity index (χ1) is 8.43. The van der Waals surface area contributed by atoms with Crippen molar-refractivity contribution >= 4 is 22.4 Å². The zero-order chi connectivity index (χ0) is 13.7. The molecule has 18 heavy (non-hydrogen) atoms. The van der Waals surface area contributed by atoms with Gasteiger partial charge in [0.15, 0.2) is 0 Å². The number of nitrogens with zero attached hydrogens (tertiary/aromatic N) is 3. The average Bonchev–Trinajstić information content (AvgIpc) is 2.75. The smallest absolute Gasteiger partial charge is 0.308 e. The molecule has 102 valence electrons. The van der Waals surface area contributed by atoms with Gasteiger partial charge in [0, 0.05) is 13.1 Å². The highest BCUT2D eigenvalue weighted by molar-refractivity contribution is 7.15. The van der Waals surface area contributed by atoms with Crippen molar-refractivity contribution in [3.05, 3.63) is 5.01 Å². The van der Waals surface area contributed by atoms with Gasteiger partial charge in [-0.1, -0.05) is 39.0 Å². The van der Waals surface area contributed by atoms with Gasteiger partial charge < -0.3 is 10.0 Å². The predicted octanol–water partition coefficient (Wildman–Crippen LogP) is 2.28. The maximum atomic E-state index is 11.0. The quantitative estimate of drug-likeness (QED) is 0.824.